The van der Waals surface area contributed by atoms with Crippen LogP contribution in [0.2, 0.25) is 0 Å². The number of ether oxygens (including phenoxy) is 2. The van der Waals surface area contributed by atoms with Crippen molar-refractivity contribution in [2.45, 2.75) is 26.2 Å². The molecule has 1 aliphatic rings. The Morgan fingerprint density at radius 1 is 1.17 bits per heavy atom. The van der Waals surface area contributed by atoms with Gasteiger partial charge in [-0.25, -0.2) is 4.79 Å². The molecule has 0 spiro atoms. The van der Waals surface area contributed by atoms with Crippen LogP contribution in [0.3, 0.4) is 0 Å². The lowest BCUT2D eigenvalue weighted by Crippen LogP contribution is -2.21. The van der Waals surface area contributed by atoms with Crippen molar-refractivity contribution in [2.24, 2.45) is 5.73 Å². The summed E-state index contributed by atoms with van der Waals surface area (Å²) in [6, 6.07) is 20.8. The maximum absolute atomic E-state index is 13.0. The number of benzene rings is 3. The Bertz CT molecular complexity index is 1560. The second-order valence-electron chi connectivity index (χ2n) is 8.31. The predicted octanol–water partition coefficient (Wildman–Crippen LogP) is 6.50. The van der Waals surface area contributed by atoms with Gasteiger partial charge >= 0.3 is 5.97 Å². The Hall–Kier alpha value is -4.02. The maximum atomic E-state index is 13.0. The Morgan fingerprint density at radius 3 is 2.74 bits per heavy atom. The van der Waals surface area contributed by atoms with Crippen molar-refractivity contribution < 1.29 is 18.7 Å². The number of fused-ring (bicyclic) bond motifs is 2. The predicted molar refractivity (Wildman–Crippen MR) is 135 cm³/mol. The molecular weight excluding hydrogens is 508 g/mol. The number of allylic oxidation sites excluding steroid dienone is 1. The number of nitrogens with two attached hydrogens (primary N) is 1. The summed E-state index contributed by atoms with van der Waals surface area (Å²) in [5.74, 6) is -0.123. The van der Waals surface area contributed by atoms with Gasteiger partial charge in [0.15, 0.2) is 0 Å². The number of nitrogens with zero attached hydrogens (tertiary/aromatic N) is 1. The van der Waals surface area contributed by atoms with Crippen LogP contribution >= 0.6 is 15.9 Å². The second kappa shape index (κ2) is 8.97. The Balaban J connectivity index is 1.48. The number of halogens is 1. The van der Waals surface area contributed by atoms with Gasteiger partial charge in [-0.3, -0.25) is 0 Å². The van der Waals surface area contributed by atoms with E-state index in [0.717, 1.165) is 38.5 Å². The summed E-state index contributed by atoms with van der Waals surface area (Å²) in [4.78, 5) is 13.0. The average molecular weight is 529 g/mol. The van der Waals surface area contributed by atoms with Crippen LogP contribution in [0.1, 0.15) is 45.7 Å². The SMILES string of the molecule is CCc1ccc2oc(C(=O)Oc3ccc4c(c3)OC(N)=C(C#N)C4c3cccc(Br)c3)c(C)c2c1. The number of hydrogen-bond acceptors (Lipinski definition) is 6. The van der Waals surface area contributed by atoms with Crippen molar-refractivity contribution in [3.05, 3.63) is 105 Å². The molecule has 174 valence electrons. The quantitative estimate of drug-likeness (QED) is 0.239. The van der Waals surface area contributed by atoms with Crippen LogP contribution in [0.5, 0.6) is 11.5 Å². The van der Waals surface area contributed by atoms with E-state index in [1.54, 1.807) is 18.2 Å². The van der Waals surface area contributed by atoms with E-state index in [2.05, 4.69) is 28.9 Å². The Labute approximate surface area is 210 Å². The molecule has 0 saturated carbocycles. The smallest absolute Gasteiger partial charge is 0.379 e. The Kier molecular flexibility index (Phi) is 5.83. The summed E-state index contributed by atoms with van der Waals surface area (Å²) in [6.45, 7) is 3.92. The molecule has 4 aromatic rings. The summed E-state index contributed by atoms with van der Waals surface area (Å²) >= 11 is 3.49. The summed E-state index contributed by atoms with van der Waals surface area (Å²) in [6.07, 6.45) is 0.890. The van der Waals surface area contributed by atoms with E-state index < -0.39 is 11.9 Å². The van der Waals surface area contributed by atoms with Gasteiger partial charge in [-0.2, -0.15) is 5.26 Å². The highest BCUT2D eigenvalue weighted by Gasteiger charge is 2.31. The third-order valence-electron chi connectivity index (χ3n) is 6.18. The summed E-state index contributed by atoms with van der Waals surface area (Å²) in [7, 11) is 0. The number of carbonyl (C=O) groups is 1. The molecule has 7 heteroatoms. The van der Waals surface area contributed by atoms with Crippen LogP contribution < -0.4 is 15.2 Å². The zero-order chi connectivity index (χ0) is 24.7. The van der Waals surface area contributed by atoms with Crippen LogP contribution in [0.25, 0.3) is 11.0 Å². The van der Waals surface area contributed by atoms with Crippen molar-refractivity contribution in [3.63, 3.8) is 0 Å². The standard InChI is InChI=1S/C28H21BrN2O4/c1-3-16-7-10-23-21(11-16)15(2)26(34-23)28(32)33-19-8-9-20-24(13-19)35-27(31)22(14-30)25(20)17-5-4-6-18(29)12-17/h4-13,25H,3,31H2,1-2H3. The molecule has 0 fully saturated rings. The van der Waals surface area contributed by atoms with Crippen LogP contribution in [-0.4, -0.2) is 5.97 Å². The van der Waals surface area contributed by atoms with Crippen LogP contribution in [-0.2, 0) is 6.42 Å². The zero-order valence-corrected chi connectivity index (χ0v) is 20.7. The van der Waals surface area contributed by atoms with E-state index in [9.17, 15) is 10.1 Å². The molecule has 2 heterocycles. The largest absolute Gasteiger partial charge is 0.449 e. The highest BCUT2D eigenvalue weighted by molar-refractivity contribution is 9.10. The second-order valence-corrected chi connectivity index (χ2v) is 9.22. The minimum absolute atomic E-state index is 0.0216. The van der Waals surface area contributed by atoms with Crippen molar-refractivity contribution in [2.75, 3.05) is 0 Å². The van der Waals surface area contributed by atoms with Crippen molar-refractivity contribution >= 4 is 32.9 Å². The first-order chi connectivity index (χ1) is 16.9. The fraction of sp³-hybridized carbons (Fsp3) is 0.143. The first kappa shape index (κ1) is 22.8. The summed E-state index contributed by atoms with van der Waals surface area (Å²) in [5, 5.41) is 10.6. The number of carbonyl (C=O) groups excluding carboxylic acids is 1. The molecule has 1 aliphatic heterocycles. The lowest BCUT2D eigenvalue weighted by atomic mass is 9.83. The van der Waals surface area contributed by atoms with Gasteiger partial charge in [0.05, 0.1) is 5.92 Å². The van der Waals surface area contributed by atoms with E-state index in [0.29, 0.717) is 16.9 Å². The number of hydrogen-bond donors (Lipinski definition) is 1. The molecule has 6 nitrogen and oxygen atoms in total. The van der Waals surface area contributed by atoms with Gasteiger partial charge in [-0.05, 0) is 54.8 Å². The maximum Gasteiger partial charge on any atom is 0.379 e. The van der Waals surface area contributed by atoms with Crippen LogP contribution in [0, 0.1) is 18.3 Å². The molecule has 1 aromatic heterocycles. The van der Waals surface area contributed by atoms with Crippen LogP contribution in [0.15, 0.2) is 81.0 Å². The topological polar surface area (TPSA) is 98.5 Å². The molecule has 5 rings (SSSR count). The van der Waals surface area contributed by atoms with E-state index in [1.807, 2.05) is 49.4 Å². The van der Waals surface area contributed by atoms with Gasteiger partial charge in [0.2, 0.25) is 11.6 Å². The van der Waals surface area contributed by atoms with E-state index in [1.165, 1.54) is 0 Å². The molecule has 0 aliphatic carbocycles. The number of nitriles is 1. The highest BCUT2D eigenvalue weighted by Crippen LogP contribution is 2.44. The monoisotopic (exact) mass is 528 g/mol. The van der Waals surface area contributed by atoms with Gasteiger partial charge < -0.3 is 19.6 Å². The highest BCUT2D eigenvalue weighted by atomic mass is 79.9. The molecule has 1 atom stereocenters. The van der Waals surface area contributed by atoms with Crippen molar-refractivity contribution in [1.29, 1.82) is 5.26 Å². The lowest BCUT2D eigenvalue weighted by molar-refractivity contribution is 0.0702. The van der Waals surface area contributed by atoms with Gasteiger partial charge in [-0.15, -0.1) is 0 Å². The zero-order valence-electron chi connectivity index (χ0n) is 19.1. The third kappa shape index (κ3) is 4.07. The molecule has 1 unspecified atom stereocenters. The minimum atomic E-state index is -0.600. The first-order valence-corrected chi connectivity index (χ1v) is 11.9. The molecule has 2 N–H and O–H groups in total. The average Bonchev–Trinajstić information content (AvgIpc) is 3.18. The molecule has 3 aromatic carbocycles. The number of furan rings is 1. The van der Waals surface area contributed by atoms with Crippen molar-refractivity contribution in [1.82, 2.24) is 0 Å². The molecule has 0 saturated heterocycles. The fourth-order valence-corrected chi connectivity index (χ4v) is 4.78. The molecule has 0 bridgehead atoms. The first-order valence-electron chi connectivity index (χ1n) is 11.1. The van der Waals surface area contributed by atoms with Gasteiger partial charge in [-0.1, -0.05) is 47.1 Å². The summed E-state index contributed by atoms with van der Waals surface area (Å²) in [5.41, 5.74) is 10.6. The molecule has 0 radical (unpaired) electrons. The summed E-state index contributed by atoms with van der Waals surface area (Å²) < 4.78 is 18.1. The number of rotatable bonds is 4. The Morgan fingerprint density at radius 2 is 2.00 bits per heavy atom. The van der Waals surface area contributed by atoms with Gasteiger partial charge in [0, 0.05) is 27.1 Å². The normalized spacial score (nSPS) is 14.9. The van der Waals surface area contributed by atoms with Crippen molar-refractivity contribution in [3.8, 4) is 17.6 Å². The van der Waals surface area contributed by atoms with Gasteiger partial charge in [0.25, 0.3) is 0 Å². The number of aryl methyl sites for hydroxylation is 2. The fourth-order valence-electron chi connectivity index (χ4n) is 4.36. The van der Waals surface area contributed by atoms with Crippen LogP contribution in [0.4, 0.5) is 0 Å². The lowest BCUT2D eigenvalue weighted by Gasteiger charge is -2.26. The van der Waals surface area contributed by atoms with E-state index in [-0.39, 0.29) is 17.4 Å². The minimum Gasteiger partial charge on any atom is -0.449 e. The molecule has 0 amide bonds. The van der Waals surface area contributed by atoms with E-state index in [4.69, 9.17) is 19.6 Å². The van der Waals surface area contributed by atoms with E-state index >= 15 is 0 Å². The number of esters is 1. The van der Waals surface area contributed by atoms with Gasteiger partial charge in [0.1, 0.15) is 28.7 Å². The molecule has 35 heavy (non-hydrogen) atoms. The molecular formula is C28H21BrN2O4. The third-order valence-corrected chi connectivity index (χ3v) is 6.67.